The second-order valence-corrected chi connectivity index (χ2v) is 5.07. The Hall–Kier alpha value is -0.970. The Morgan fingerprint density at radius 3 is 2.68 bits per heavy atom. The van der Waals surface area contributed by atoms with Gasteiger partial charge in [0.25, 0.3) is 0 Å². The number of nitrogens with zero attached hydrogens (tertiary/aromatic N) is 1. The fraction of sp³-hybridized carbons (Fsp3) is 0.462. The van der Waals surface area contributed by atoms with Crippen LogP contribution in [0.4, 0.5) is 0 Å². The lowest BCUT2D eigenvalue weighted by atomic mass is 10.2. The van der Waals surface area contributed by atoms with Crippen molar-refractivity contribution in [1.29, 1.82) is 0 Å². The summed E-state index contributed by atoms with van der Waals surface area (Å²) < 4.78 is 5.52. The van der Waals surface area contributed by atoms with E-state index in [9.17, 15) is 4.79 Å². The molecule has 0 atom stereocenters. The number of benzene rings is 1. The van der Waals surface area contributed by atoms with Gasteiger partial charge < -0.3 is 15.4 Å². The molecule has 0 bridgehead atoms. The topological polar surface area (TPSA) is 55.6 Å². The summed E-state index contributed by atoms with van der Waals surface area (Å²) >= 11 is 5.96. The summed E-state index contributed by atoms with van der Waals surface area (Å²) in [4.78, 5) is 13.5. The summed E-state index contributed by atoms with van der Waals surface area (Å²) in [5.74, 6) is 0.624. The third-order valence-corrected chi connectivity index (χ3v) is 3.39. The third kappa shape index (κ3) is 4.00. The van der Waals surface area contributed by atoms with Gasteiger partial charge in [-0.1, -0.05) is 23.7 Å². The Morgan fingerprint density at radius 1 is 1.47 bits per heavy atom. The van der Waals surface area contributed by atoms with E-state index in [0.717, 1.165) is 12.8 Å². The van der Waals surface area contributed by atoms with E-state index in [1.807, 2.05) is 12.1 Å². The molecule has 1 amide bonds. The van der Waals surface area contributed by atoms with Gasteiger partial charge in [0, 0.05) is 7.05 Å². The zero-order chi connectivity index (χ0) is 13.2. The molecule has 2 rings (SSSR count). The molecule has 0 saturated heterocycles. The lowest BCUT2D eigenvalue weighted by Crippen LogP contribution is -2.45. The first-order valence-corrected chi connectivity index (χ1v) is 6.32. The van der Waals surface area contributed by atoms with E-state index >= 15 is 0 Å². The molecule has 1 aliphatic rings. The van der Waals surface area contributed by atoms with Gasteiger partial charge in [-0.05, 0) is 25.0 Å². The monoisotopic (exact) mass is 304 g/mol. The van der Waals surface area contributed by atoms with E-state index in [-0.39, 0.29) is 18.3 Å². The number of hydrogen-bond acceptors (Lipinski definition) is 3. The number of rotatable bonds is 5. The first-order valence-electron chi connectivity index (χ1n) is 5.95. The van der Waals surface area contributed by atoms with Crippen LogP contribution in [0.2, 0.25) is 5.02 Å². The highest BCUT2D eigenvalue weighted by Crippen LogP contribution is 2.33. The molecule has 1 aliphatic carbocycles. The highest BCUT2D eigenvalue weighted by Gasteiger charge is 2.47. The lowest BCUT2D eigenvalue weighted by Gasteiger charge is -2.21. The molecule has 0 aliphatic heterocycles. The Balaban J connectivity index is 0.00000180. The van der Waals surface area contributed by atoms with Crippen LogP contribution in [0.15, 0.2) is 24.3 Å². The molecule has 106 valence electrons. The average molecular weight is 305 g/mol. The zero-order valence-corrected chi connectivity index (χ0v) is 12.3. The van der Waals surface area contributed by atoms with E-state index in [4.69, 9.17) is 22.1 Å². The highest BCUT2D eigenvalue weighted by molar-refractivity contribution is 6.32. The van der Waals surface area contributed by atoms with Crippen LogP contribution in [0.3, 0.4) is 0 Å². The number of nitrogens with two attached hydrogens (primary N) is 1. The maximum Gasteiger partial charge on any atom is 0.242 e. The van der Waals surface area contributed by atoms with Crippen molar-refractivity contribution in [2.75, 3.05) is 20.2 Å². The van der Waals surface area contributed by atoms with Crippen molar-refractivity contribution >= 4 is 29.9 Å². The number of halogens is 2. The van der Waals surface area contributed by atoms with Crippen LogP contribution < -0.4 is 10.5 Å². The van der Waals surface area contributed by atoms with Gasteiger partial charge in [-0.2, -0.15) is 0 Å². The largest absolute Gasteiger partial charge is 0.490 e. The molecule has 19 heavy (non-hydrogen) atoms. The second-order valence-electron chi connectivity index (χ2n) is 4.66. The van der Waals surface area contributed by atoms with Crippen molar-refractivity contribution in [1.82, 2.24) is 4.90 Å². The summed E-state index contributed by atoms with van der Waals surface area (Å²) in [6, 6.07) is 7.27. The zero-order valence-electron chi connectivity index (χ0n) is 10.8. The van der Waals surface area contributed by atoms with E-state index in [1.165, 1.54) is 0 Å². The summed E-state index contributed by atoms with van der Waals surface area (Å²) in [5, 5.41) is 0.573. The second kappa shape index (κ2) is 6.46. The number of amides is 1. The summed E-state index contributed by atoms with van der Waals surface area (Å²) in [7, 11) is 1.74. The first kappa shape index (κ1) is 16.1. The molecule has 1 fully saturated rings. The lowest BCUT2D eigenvalue weighted by molar-refractivity contribution is -0.132. The molecule has 0 radical (unpaired) electrons. The van der Waals surface area contributed by atoms with E-state index in [2.05, 4.69) is 0 Å². The molecule has 2 N–H and O–H groups in total. The quantitative estimate of drug-likeness (QED) is 0.906. The first-order chi connectivity index (χ1) is 8.53. The standard InChI is InChI=1S/C13H17ClN2O2.ClH/c1-16(12(17)13(15)6-7-13)8-9-18-11-5-3-2-4-10(11)14;/h2-5H,6-9,15H2,1H3;1H. The van der Waals surface area contributed by atoms with Crippen LogP contribution in [-0.2, 0) is 4.79 Å². The van der Waals surface area contributed by atoms with Crippen molar-refractivity contribution in [3.63, 3.8) is 0 Å². The van der Waals surface area contributed by atoms with E-state index in [1.54, 1.807) is 24.1 Å². The predicted molar refractivity (Wildman–Crippen MR) is 78.0 cm³/mol. The summed E-state index contributed by atoms with van der Waals surface area (Å²) in [6.45, 7) is 0.908. The van der Waals surface area contributed by atoms with Gasteiger partial charge in [0.05, 0.1) is 17.1 Å². The van der Waals surface area contributed by atoms with Crippen molar-refractivity contribution < 1.29 is 9.53 Å². The fourth-order valence-corrected chi connectivity index (χ4v) is 1.87. The molecular formula is C13H18Cl2N2O2. The number of ether oxygens (including phenoxy) is 1. The minimum atomic E-state index is -0.612. The van der Waals surface area contributed by atoms with Crippen molar-refractivity contribution in [3.8, 4) is 5.75 Å². The predicted octanol–water partition coefficient (Wildman–Crippen LogP) is 2.09. The van der Waals surface area contributed by atoms with Gasteiger partial charge in [-0.15, -0.1) is 12.4 Å². The van der Waals surface area contributed by atoms with Gasteiger partial charge in [0.15, 0.2) is 0 Å². The smallest absolute Gasteiger partial charge is 0.242 e. The Labute approximate surface area is 124 Å². The van der Waals surface area contributed by atoms with Gasteiger partial charge in [0.1, 0.15) is 12.4 Å². The van der Waals surface area contributed by atoms with E-state index in [0.29, 0.717) is 23.9 Å². The molecular weight excluding hydrogens is 287 g/mol. The number of carbonyl (C=O) groups is 1. The molecule has 0 spiro atoms. The number of hydrogen-bond donors (Lipinski definition) is 1. The normalized spacial score (nSPS) is 15.3. The average Bonchev–Trinajstić information content (AvgIpc) is 3.10. The van der Waals surface area contributed by atoms with Crippen molar-refractivity contribution in [2.24, 2.45) is 5.73 Å². The minimum Gasteiger partial charge on any atom is -0.490 e. The van der Waals surface area contributed by atoms with Gasteiger partial charge in [0.2, 0.25) is 5.91 Å². The Bertz CT molecular complexity index is 450. The number of para-hydroxylation sites is 1. The molecule has 0 heterocycles. The van der Waals surface area contributed by atoms with Crippen LogP contribution in [0.1, 0.15) is 12.8 Å². The minimum absolute atomic E-state index is 0. The van der Waals surface area contributed by atoms with Crippen molar-refractivity contribution in [3.05, 3.63) is 29.3 Å². The Kier molecular flexibility index (Phi) is 5.47. The van der Waals surface area contributed by atoms with E-state index < -0.39 is 5.54 Å². The number of likely N-dealkylation sites (N-methyl/N-ethyl adjacent to an activating group) is 1. The molecule has 1 saturated carbocycles. The van der Waals surface area contributed by atoms with Crippen LogP contribution >= 0.6 is 24.0 Å². The molecule has 1 aromatic rings. The van der Waals surface area contributed by atoms with Gasteiger partial charge in [-0.3, -0.25) is 4.79 Å². The van der Waals surface area contributed by atoms with Crippen LogP contribution in [0, 0.1) is 0 Å². The van der Waals surface area contributed by atoms with Crippen LogP contribution in [0.5, 0.6) is 5.75 Å². The highest BCUT2D eigenvalue weighted by atomic mass is 35.5. The molecule has 4 nitrogen and oxygen atoms in total. The third-order valence-electron chi connectivity index (χ3n) is 3.08. The summed E-state index contributed by atoms with van der Waals surface area (Å²) in [5.41, 5.74) is 5.23. The maximum absolute atomic E-state index is 11.9. The molecule has 1 aromatic carbocycles. The number of carbonyl (C=O) groups excluding carboxylic acids is 1. The van der Waals surface area contributed by atoms with Crippen molar-refractivity contribution in [2.45, 2.75) is 18.4 Å². The SMILES string of the molecule is CN(CCOc1ccccc1Cl)C(=O)C1(N)CC1.Cl. The fourth-order valence-electron chi connectivity index (χ4n) is 1.68. The van der Waals surface area contributed by atoms with Gasteiger partial charge in [-0.25, -0.2) is 0 Å². The molecule has 0 aromatic heterocycles. The van der Waals surface area contributed by atoms with Crippen LogP contribution in [0.25, 0.3) is 0 Å². The summed E-state index contributed by atoms with van der Waals surface area (Å²) in [6.07, 6.45) is 1.56. The Morgan fingerprint density at radius 2 is 2.11 bits per heavy atom. The molecule has 0 unspecified atom stereocenters. The maximum atomic E-state index is 11.9. The molecule has 6 heteroatoms. The van der Waals surface area contributed by atoms with Gasteiger partial charge >= 0.3 is 0 Å². The van der Waals surface area contributed by atoms with Crippen LogP contribution in [-0.4, -0.2) is 36.5 Å².